The number of nitrogens with one attached hydrogen (secondary N) is 2. The van der Waals surface area contributed by atoms with Crippen molar-refractivity contribution < 1.29 is 19.5 Å². The highest BCUT2D eigenvalue weighted by atomic mass is 16.4. The highest BCUT2D eigenvalue weighted by Crippen LogP contribution is 2.32. The number of carbonyl (C=O) groups is 3. The lowest BCUT2D eigenvalue weighted by atomic mass is 9.89. The summed E-state index contributed by atoms with van der Waals surface area (Å²) in [5, 5.41) is 15.1. The van der Waals surface area contributed by atoms with Crippen molar-refractivity contribution in [1.29, 1.82) is 0 Å². The minimum atomic E-state index is -1.13. The van der Waals surface area contributed by atoms with Crippen LogP contribution < -0.4 is 16.4 Å². The summed E-state index contributed by atoms with van der Waals surface area (Å²) in [7, 11) is 0. The van der Waals surface area contributed by atoms with Gasteiger partial charge in [0.25, 0.3) is 0 Å². The number of hydrogen-bond acceptors (Lipinski definition) is 4. The van der Waals surface area contributed by atoms with Crippen LogP contribution in [0.2, 0.25) is 0 Å². The minimum absolute atomic E-state index is 0.0356. The van der Waals surface area contributed by atoms with Crippen LogP contribution in [-0.2, 0) is 14.4 Å². The number of carboxylic acid groups (broad SMARTS) is 1. The lowest BCUT2D eigenvalue weighted by Gasteiger charge is -2.29. The van der Waals surface area contributed by atoms with Gasteiger partial charge in [-0.15, -0.1) is 0 Å². The molecule has 0 aliphatic carbocycles. The summed E-state index contributed by atoms with van der Waals surface area (Å²) >= 11 is 0. The van der Waals surface area contributed by atoms with Gasteiger partial charge in [-0.25, -0.2) is 4.79 Å². The number of amides is 2. The van der Waals surface area contributed by atoms with Gasteiger partial charge in [0.1, 0.15) is 6.04 Å². The first-order chi connectivity index (χ1) is 9.94. The molecule has 2 amide bonds. The molecule has 2 bridgehead atoms. The summed E-state index contributed by atoms with van der Waals surface area (Å²) in [4.78, 5) is 33.8. The van der Waals surface area contributed by atoms with E-state index in [4.69, 9.17) is 10.8 Å². The van der Waals surface area contributed by atoms with Gasteiger partial charge in [0, 0.05) is 24.9 Å². The highest BCUT2D eigenvalue weighted by molar-refractivity contribution is 5.84. The van der Waals surface area contributed by atoms with E-state index in [9.17, 15) is 14.4 Å². The third-order valence-corrected chi connectivity index (χ3v) is 4.36. The zero-order chi connectivity index (χ0) is 15.4. The van der Waals surface area contributed by atoms with Crippen molar-refractivity contribution >= 4 is 17.8 Å². The first kappa shape index (κ1) is 15.8. The van der Waals surface area contributed by atoms with Crippen molar-refractivity contribution in [3.63, 3.8) is 0 Å². The predicted octanol–water partition coefficient (Wildman–Crippen LogP) is -0.258. The summed E-state index contributed by atoms with van der Waals surface area (Å²) in [5.41, 5.74) is 5.01. The van der Waals surface area contributed by atoms with E-state index in [1.165, 1.54) is 12.8 Å². The standard InChI is InChI=1S/C14H23N3O4/c15-12(18)4-3-11(14(20)21)17-13(19)7-8-5-9-1-2-10(6-8)16-9/h8-11,16H,1-7H2,(H2,15,18)(H,17,19)(H,20,21)/t8?,9?,10?,11-/m1/s1. The Labute approximate surface area is 123 Å². The third-order valence-electron chi connectivity index (χ3n) is 4.36. The Bertz CT molecular complexity index is 414. The molecule has 7 nitrogen and oxygen atoms in total. The van der Waals surface area contributed by atoms with Crippen LogP contribution >= 0.6 is 0 Å². The molecule has 0 saturated carbocycles. The van der Waals surface area contributed by atoms with E-state index in [-0.39, 0.29) is 18.7 Å². The number of piperidine rings is 1. The fraction of sp³-hybridized carbons (Fsp3) is 0.786. The third kappa shape index (κ3) is 4.70. The van der Waals surface area contributed by atoms with Crippen molar-refractivity contribution in [2.45, 2.75) is 63.1 Å². The fourth-order valence-electron chi connectivity index (χ4n) is 3.40. The van der Waals surface area contributed by atoms with Crippen LogP contribution in [0, 0.1) is 5.92 Å². The van der Waals surface area contributed by atoms with Gasteiger partial charge in [-0.1, -0.05) is 0 Å². The first-order valence-corrected chi connectivity index (χ1v) is 7.50. The normalized spacial score (nSPS) is 28.9. The molecular weight excluding hydrogens is 274 g/mol. The van der Waals surface area contributed by atoms with Crippen LogP contribution in [0.3, 0.4) is 0 Å². The number of rotatable bonds is 7. The summed E-state index contributed by atoms with van der Waals surface area (Å²) in [5.74, 6) is -1.63. The largest absolute Gasteiger partial charge is 0.480 e. The van der Waals surface area contributed by atoms with E-state index in [0.29, 0.717) is 24.4 Å². The van der Waals surface area contributed by atoms with Crippen LogP contribution in [0.1, 0.15) is 44.9 Å². The topological polar surface area (TPSA) is 122 Å². The Morgan fingerprint density at radius 2 is 1.86 bits per heavy atom. The molecule has 118 valence electrons. The predicted molar refractivity (Wildman–Crippen MR) is 75.3 cm³/mol. The van der Waals surface area contributed by atoms with E-state index >= 15 is 0 Å². The number of primary amides is 1. The molecule has 0 aromatic rings. The van der Waals surface area contributed by atoms with Gasteiger partial charge in [0.05, 0.1) is 0 Å². The molecule has 2 fully saturated rings. The van der Waals surface area contributed by atoms with Crippen molar-refractivity contribution in [3.05, 3.63) is 0 Å². The molecule has 2 heterocycles. The van der Waals surface area contributed by atoms with Gasteiger partial charge in [-0.05, 0) is 38.0 Å². The SMILES string of the molecule is NC(=O)CC[C@@H](NC(=O)CC1CC2CCC(C1)N2)C(=O)O. The van der Waals surface area contributed by atoms with E-state index in [1.807, 2.05) is 0 Å². The molecule has 7 heteroatoms. The number of carbonyl (C=O) groups excluding carboxylic acids is 2. The average Bonchev–Trinajstić information content (AvgIpc) is 2.73. The molecule has 3 atom stereocenters. The molecule has 2 rings (SSSR count). The van der Waals surface area contributed by atoms with E-state index in [2.05, 4.69) is 10.6 Å². The minimum Gasteiger partial charge on any atom is -0.480 e. The zero-order valence-electron chi connectivity index (χ0n) is 12.0. The van der Waals surface area contributed by atoms with Gasteiger partial charge in [-0.3, -0.25) is 9.59 Å². The van der Waals surface area contributed by atoms with Gasteiger partial charge in [0.15, 0.2) is 0 Å². The van der Waals surface area contributed by atoms with Gasteiger partial charge < -0.3 is 21.5 Å². The Hall–Kier alpha value is -1.63. The van der Waals surface area contributed by atoms with E-state index < -0.39 is 17.9 Å². The molecule has 2 aliphatic heterocycles. The highest BCUT2D eigenvalue weighted by Gasteiger charge is 2.34. The lowest BCUT2D eigenvalue weighted by molar-refractivity contribution is -0.142. The van der Waals surface area contributed by atoms with Crippen LogP contribution in [0.5, 0.6) is 0 Å². The maximum absolute atomic E-state index is 12.0. The first-order valence-electron chi connectivity index (χ1n) is 7.50. The second-order valence-electron chi connectivity index (χ2n) is 6.14. The molecular formula is C14H23N3O4. The van der Waals surface area contributed by atoms with Crippen LogP contribution in [-0.4, -0.2) is 41.0 Å². The summed E-state index contributed by atoms with van der Waals surface area (Å²) in [6, 6.07) is -0.0261. The fourth-order valence-corrected chi connectivity index (χ4v) is 3.40. The molecule has 21 heavy (non-hydrogen) atoms. The summed E-state index contributed by atoms with van der Waals surface area (Å²) < 4.78 is 0. The maximum Gasteiger partial charge on any atom is 0.326 e. The van der Waals surface area contributed by atoms with E-state index in [1.54, 1.807) is 0 Å². The second-order valence-corrected chi connectivity index (χ2v) is 6.14. The van der Waals surface area contributed by atoms with Crippen LogP contribution in [0.25, 0.3) is 0 Å². The average molecular weight is 297 g/mol. The molecule has 0 aromatic carbocycles. The molecule has 2 aliphatic rings. The number of nitrogens with two attached hydrogens (primary N) is 1. The smallest absolute Gasteiger partial charge is 0.326 e. The van der Waals surface area contributed by atoms with Crippen molar-refractivity contribution in [3.8, 4) is 0 Å². The molecule has 2 saturated heterocycles. The van der Waals surface area contributed by atoms with E-state index in [0.717, 1.165) is 12.8 Å². The Morgan fingerprint density at radius 3 is 2.38 bits per heavy atom. The Morgan fingerprint density at radius 1 is 1.24 bits per heavy atom. The molecule has 0 aromatic heterocycles. The molecule has 2 unspecified atom stereocenters. The maximum atomic E-state index is 12.0. The second kappa shape index (κ2) is 6.89. The van der Waals surface area contributed by atoms with Gasteiger partial charge in [0.2, 0.25) is 11.8 Å². The van der Waals surface area contributed by atoms with Crippen LogP contribution in [0.15, 0.2) is 0 Å². The monoisotopic (exact) mass is 297 g/mol. The Balaban J connectivity index is 1.79. The Kier molecular flexibility index (Phi) is 5.17. The lowest BCUT2D eigenvalue weighted by Crippen LogP contribution is -2.44. The van der Waals surface area contributed by atoms with Crippen molar-refractivity contribution in [2.24, 2.45) is 11.7 Å². The van der Waals surface area contributed by atoms with Crippen molar-refractivity contribution in [2.75, 3.05) is 0 Å². The van der Waals surface area contributed by atoms with Gasteiger partial charge in [-0.2, -0.15) is 0 Å². The van der Waals surface area contributed by atoms with Gasteiger partial charge >= 0.3 is 5.97 Å². The number of aliphatic carboxylic acids is 1. The number of fused-ring (bicyclic) bond motifs is 2. The van der Waals surface area contributed by atoms with Crippen LogP contribution in [0.4, 0.5) is 0 Å². The molecule has 0 spiro atoms. The summed E-state index contributed by atoms with van der Waals surface area (Å²) in [6.45, 7) is 0. The molecule has 5 N–H and O–H groups in total. The quantitative estimate of drug-likeness (QED) is 0.516. The summed E-state index contributed by atoms with van der Waals surface area (Å²) in [6.07, 6.45) is 4.63. The number of carboxylic acids is 1. The molecule has 0 radical (unpaired) electrons. The zero-order valence-corrected chi connectivity index (χ0v) is 12.0. The van der Waals surface area contributed by atoms with Crippen molar-refractivity contribution in [1.82, 2.24) is 10.6 Å². The number of hydrogen-bond donors (Lipinski definition) is 4.